The molecule has 0 radical (unpaired) electrons. The number of carbonyl (C=O) groups excluding carboxylic acids is 1. The topological polar surface area (TPSA) is 116 Å². The Kier molecular flexibility index (Phi) is 8.16. The van der Waals surface area contributed by atoms with Crippen LogP contribution in [0.3, 0.4) is 0 Å². The number of aliphatic carboxylic acids is 1. The Balaban J connectivity index is 1.88. The zero-order chi connectivity index (χ0) is 23.8. The highest BCUT2D eigenvalue weighted by Gasteiger charge is 2.21. The highest BCUT2D eigenvalue weighted by atomic mass is 16.4. The summed E-state index contributed by atoms with van der Waals surface area (Å²) in [5, 5.41) is 17.9. The second-order valence-electron chi connectivity index (χ2n) is 7.89. The van der Waals surface area contributed by atoms with E-state index in [4.69, 9.17) is 15.9 Å². The highest BCUT2D eigenvalue weighted by Crippen LogP contribution is 2.32. The van der Waals surface area contributed by atoms with E-state index in [1.165, 1.54) is 0 Å². The van der Waals surface area contributed by atoms with Gasteiger partial charge in [0.2, 0.25) is 5.91 Å². The van der Waals surface area contributed by atoms with Crippen LogP contribution < -0.4 is 5.73 Å². The number of carbonyl (C=O) groups is 2. The number of benzene rings is 2. The van der Waals surface area contributed by atoms with Gasteiger partial charge in [0.15, 0.2) is 0 Å². The Hall–Kier alpha value is -3.71. The average Bonchev–Trinajstić information content (AvgIpc) is 2.97. The van der Waals surface area contributed by atoms with Gasteiger partial charge < -0.3 is 20.8 Å². The molecule has 0 saturated carbocycles. The van der Waals surface area contributed by atoms with E-state index in [-0.39, 0.29) is 18.9 Å². The average molecular weight is 448 g/mol. The molecule has 7 nitrogen and oxygen atoms in total. The fraction of sp³-hybridized carbons (Fsp3) is 0.269. The number of rotatable bonds is 9. The number of carboxylic acid groups (broad SMARTS) is 1. The van der Waals surface area contributed by atoms with Crippen LogP contribution >= 0.6 is 0 Å². The van der Waals surface area contributed by atoms with Gasteiger partial charge in [0.1, 0.15) is 5.84 Å². The number of aliphatic imine (C=N–C) groups is 1. The summed E-state index contributed by atoms with van der Waals surface area (Å²) in [5.41, 5.74) is 11.0. The van der Waals surface area contributed by atoms with Gasteiger partial charge in [-0.1, -0.05) is 43.3 Å². The maximum atomic E-state index is 13.1. The summed E-state index contributed by atoms with van der Waals surface area (Å²) in [4.78, 5) is 30.1. The molecule has 0 aromatic heterocycles. The summed E-state index contributed by atoms with van der Waals surface area (Å²) in [7, 11) is 0. The quantitative estimate of drug-likeness (QED) is 0.505. The Morgan fingerprint density at radius 1 is 1.12 bits per heavy atom. The van der Waals surface area contributed by atoms with Gasteiger partial charge in [0.05, 0.1) is 5.69 Å². The Morgan fingerprint density at radius 3 is 2.52 bits per heavy atom. The maximum Gasteiger partial charge on any atom is 0.328 e. The lowest BCUT2D eigenvalue weighted by Gasteiger charge is -2.23. The highest BCUT2D eigenvalue weighted by molar-refractivity contribution is 6.05. The molecular formula is C26H29N3O4. The first-order valence-electron chi connectivity index (χ1n) is 11.0. The van der Waals surface area contributed by atoms with Gasteiger partial charge in [-0.25, -0.2) is 9.79 Å². The van der Waals surface area contributed by atoms with Gasteiger partial charge in [-0.15, -0.1) is 0 Å². The van der Waals surface area contributed by atoms with Crippen molar-refractivity contribution < 1.29 is 19.8 Å². The number of hydrogen-bond acceptors (Lipinski definition) is 5. The Labute approximate surface area is 193 Å². The molecule has 0 atom stereocenters. The number of fused-ring (bicyclic) bond motifs is 1. The van der Waals surface area contributed by atoms with E-state index in [9.17, 15) is 9.59 Å². The van der Waals surface area contributed by atoms with Crippen molar-refractivity contribution >= 4 is 35.6 Å². The summed E-state index contributed by atoms with van der Waals surface area (Å²) in [6.45, 7) is 3.18. The lowest BCUT2D eigenvalue weighted by molar-refractivity contribution is -0.131. The van der Waals surface area contributed by atoms with Gasteiger partial charge in [-0.05, 0) is 47.8 Å². The van der Waals surface area contributed by atoms with Crippen LogP contribution in [0.4, 0.5) is 5.69 Å². The normalized spacial score (nSPS) is 13.2. The minimum Gasteiger partial charge on any atom is -0.478 e. The molecule has 2 aromatic carbocycles. The van der Waals surface area contributed by atoms with Crippen molar-refractivity contribution in [3.05, 3.63) is 65.2 Å². The molecule has 1 aliphatic rings. The molecule has 7 heteroatoms. The number of amides is 1. The molecule has 4 N–H and O–H groups in total. The number of aliphatic hydroxyl groups excluding tert-OH is 1. The van der Waals surface area contributed by atoms with E-state index in [1.807, 2.05) is 55.5 Å². The van der Waals surface area contributed by atoms with Crippen LogP contribution in [0.5, 0.6) is 0 Å². The second-order valence-corrected chi connectivity index (χ2v) is 7.89. The molecule has 1 amide bonds. The van der Waals surface area contributed by atoms with Crippen LogP contribution in [-0.4, -0.2) is 52.5 Å². The fourth-order valence-corrected chi connectivity index (χ4v) is 3.71. The van der Waals surface area contributed by atoms with Crippen molar-refractivity contribution in [2.75, 3.05) is 19.7 Å². The number of aliphatic hydroxyl groups is 1. The Morgan fingerprint density at radius 2 is 1.85 bits per heavy atom. The molecular weight excluding hydrogens is 418 g/mol. The molecule has 172 valence electrons. The molecule has 1 aliphatic heterocycles. The predicted octanol–water partition coefficient (Wildman–Crippen LogP) is 3.85. The van der Waals surface area contributed by atoms with Gasteiger partial charge in [-0.2, -0.15) is 0 Å². The summed E-state index contributed by atoms with van der Waals surface area (Å²) in [6.07, 6.45) is 6.14. The molecule has 0 saturated heterocycles. The zero-order valence-corrected chi connectivity index (χ0v) is 18.7. The number of hydrogen-bond donors (Lipinski definition) is 3. The van der Waals surface area contributed by atoms with Crippen molar-refractivity contribution in [2.24, 2.45) is 10.7 Å². The molecule has 0 unspecified atom stereocenters. The van der Waals surface area contributed by atoms with Crippen molar-refractivity contribution in [1.29, 1.82) is 0 Å². The van der Waals surface area contributed by atoms with Crippen LogP contribution in [0, 0.1) is 0 Å². The van der Waals surface area contributed by atoms with Crippen molar-refractivity contribution in [3.63, 3.8) is 0 Å². The third kappa shape index (κ3) is 6.40. The van der Waals surface area contributed by atoms with Crippen molar-refractivity contribution in [2.45, 2.75) is 26.2 Å². The van der Waals surface area contributed by atoms with E-state index < -0.39 is 5.97 Å². The maximum absolute atomic E-state index is 13.1. The Bertz CT molecular complexity index is 1100. The third-order valence-electron chi connectivity index (χ3n) is 5.30. The van der Waals surface area contributed by atoms with Crippen LogP contribution in [0.15, 0.2) is 59.1 Å². The minimum absolute atomic E-state index is 0.0403. The number of carboxylic acids is 1. The van der Waals surface area contributed by atoms with Gasteiger partial charge in [-0.3, -0.25) is 4.79 Å². The molecule has 0 spiro atoms. The van der Waals surface area contributed by atoms with E-state index in [1.54, 1.807) is 11.0 Å². The van der Waals surface area contributed by atoms with E-state index in [2.05, 4.69) is 4.99 Å². The molecule has 0 aliphatic carbocycles. The van der Waals surface area contributed by atoms with Gasteiger partial charge in [0.25, 0.3) is 0 Å². The first kappa shape index (κ1) is 23.9. The van der Waals surface area contributed by atoms with Gasteiger partial charge in [0, 0.05) is 43.3 Å². The summed E-state index contributed by atoms with van der Waals surface area (Å²) in [5.74, 6) is -0.693. The van der Waals surface area contributed by atoms with Crippen molar-refractivity contribution in [3.8, 4) is 11.1 Å². The molecule has 33 heavy (non-hydrogen) atoms. The predicted molar refractivity (Wildman–Crippen MR) is 131 cm³/mol. The standard InChI is InChI=1S/C26H29N3O4/c1-2-12-29(13-3-14-30)26(33)22-15-21-10-9-20(16-23(21)28-24(27)17-22)19-7-4-18(5-8-19)6-11-25(31)32/h4-11,15-16,30H,2-3,12-14,17H2,1H3,(H2,27,28)(H,31,32). The van der Waals surface area contributed by atoms with E-state index >= 15 is 0 Å². The molecule has 0 bridgehead atoms. The number of nitrogens with zero attached hydrogens (tertiary/aromatic N) is 2. The molecule has 1 heterocycles. The zero-order valence-electron chi connectivity index (χ0n) is 18.7. The molecule has 0 fully saturated rings. The van der Waals surface area contributed by atoms with Crippen molar-refractivity contribution in [1.82, 2.24) is 4.90 Å². The van der Waals surface area contributed by atoms with Crippen LogP contribution in [0.1, 0.15) is 37.3 Å². The summed E-state index contributed by atoms with van der Waals surface area (Å²) in [6, 6.07) is 13.4. The number of amidine groups is 1. The van der Waals surface area contributed by atoms with Crippen LogP contribution in [0.25, 0.3) is 23.3 Å². The monoisotopic (exact) mass is 447 g/mol. The number of nitrogens with two attached hydrogens (primary N) is 1. The first-order chi connectivity index (χ1) is 15.9. The minimum atomic E-state index is -0.989. The third-order valence-corrected chi connectivity index (χ3v) is 5.30. The summed E-state index contributed by atoms with van der Waals surface area (Å²) < 4.78 is 0. The fourth-order valence-electron chi connectivity index (χ4n) is 3.71. The smallest absolute Gasteiger partial charge is 0.328 e. The lowest BCUT2D eigenvalue weighted by atomic mass is 10.00. The molecule has 2 aromatic rings. The lowest BCUT2D eigenvalue weighted by Crippen LogP contribution is -2.35. The van der Waals surface area contributed by atoms with Crippen LogP contribution in [0.2, 0.25) is 0 Å². The largest absolute Gasteiger partial charge is 0.478 e. The van der Waals surface area contributed by atoms with Crippen LogP contribution in [-0.2, 0) is 9.59 Å². The van der Waals surface area contributed by atoms with Gasteiger partial charge >= 0.3 is 5.97 Å². The van der Waals surface area contributed by atoms with E-state index in [0.29, 0.717) is 36.6 Å². The SMILES string of the molecule is CCCN(CCCO)C(=O)C1=Cc2ccc(-c3ccc(C=CC(=O)O)cc3)cc2N=C(N)C1. The first-order valence-corrected chi connectivity index (χ1v) is 11.0. The second kappa shape index (κ2) is 11.2. The molecule has 3 rings (SSSR count). The van der Waals surface area contributed by atoms with E-state index in [0.717, 1.165) is 34.8 Å². The summed E-state index contributed by atoms with van der Waals surface area (Å²) >= 11 is 0.